The lowest BCUT2D eigenvalue weighted by atomic mass is 10.3. The zero-order valence-corrected chi connectivity index (χ0v) is 15.3. The number of nitrogens with one attached hydrogen (secondary N) is 1. The van der Waals surface area contributed by atoms with E-state index in [1.54, 1.807) is 10.9 Å². The molecular formula is C16H21N5O4S. The van der Waals surface area contributed by atoms with E-state index in [0.717, 1.165) is 24.5 Å². The second-order valence-corrected chi connectivity index (χ2v) is 8.16. The van der Waals surface area contributed by atoms with E-state index in [-0.39, 0.29) is 10.6 Å². The van der Waals surface area contributed by atoms with E-state index in [0.29, 0.717) is 31.9 Å². The summed E-state index contributed by atoms with van der Waals surface area (Å²) >= 11 is 0. The number of nitrogens with zero attached hydrogens (tertiary/aromatic N) is 4. The third-order valence-corrected chi connectivity index (χ3v) is 6.22. The van der Waals surface area contributed by atoms with E-state index in [1.807, 2.05) is 13.1 Å². The summed E-state index contributed by atoms with van der Waals surface area (Å²) in [5.41, 5.74) is 1.17. The molecule has 1 aliphatic heterocycles. The molecule has 3 rings (SSSR count). The number of sulfonamides is 1. The predicted octanol–water partition coefficient (Wildman–Crippen LogP) is 2.00. The predicted molar refractivity (Wildman–Crippen MR) is 96.5 cm³/mol. The van der Waals surface area contributed by atoms with Gasteiger partial charge in [-0.15, -0.1) is 0 Å². The molecule has 2 heterocycles. The van der Waals surface area contributed by atoms with Crippen LogP contribution in [0, 0.1) is 17.0 Å². The normalized spacial score (nSPS) is 15.3. The van der Waals surface area contributed by atoms with Crippen LogP contribution in [0.3, 0.4) is 0 Å². The molecule has 0 spiro atoms. The third kappa shape index (κ3) is 3.86. The number of aryl methyl sites for hydroxylation is 1. The van der Waals surface area contributed by atoms with E-state index in [2.05, 4.69) is 10.4 Å². The fourth-order valence-electron chi connectivity index (χ4n) is 2.95. The van der Waals surface area contributed by atoms with E-state index in [9.17, 15) is 18.5 Å². The van der Waals surface area contributed by atoms with Crippen LogP contribution in [0.1, 0.15) is 18.4 Å². The van der Waals surface area contributed by atoms with Gasteiger partial charge in [0.05, 0.1) is 23.4 Å². The monoisotopic (exact) mass is 379 g/mol. The van der Waals surface area contributed by atoms with Crippen LogP contribution in [-0.2, 0) is 16.6 Å². The van der Waals surface area contributed by atoms with Crippen LogP contribution >= 0.6 is 0 Å². The zero-order chi connectivity index (χ0) is 18.7. The lowest BCUT2D eigenvalue weighted by Gasteiger charge is -2.18. The van der Waals surface area contributed by atoms with E-state index >= 15 is 0 Å². The van der Waals surface area contributed by atoms with Crippen molar-refractivity contribution >= 4 is 21.4 Å². The van der Waals surface area contributed by atoms with Gasteiger partial charge in [-0.05, 0) is 31.4 Å². The quantitative estimate of drug-likeness (QED) is 0.582. The standard InChI is InChI=1S/C16H21N5O4S/c1-13-11-18-19(12-13)9-6-17-15-5-4-14(21(22)23)10-16(15)26(24,25)20-7-2-3-8-20/h4-5,10-12,17H,2-3,6-9H2,1H3. The summed E-state index contributed by atoms with van der Waals surface area (Å²) in [6.45, 7) is 3.82. The number of nitro groups is 1. The summed E-state index contributed by atoms with van der Waals surface area (Å²) in [4.78, 5) is 10.4. The minimum absolute atomic E-state index is 0.0507. The Morgan fingerprint density at radius 1 is 1.31 bits per heavy atom. The summed E-state index contributed by atoms with van der Waals surface area (Å²) < 4.78 is 29.0. The Labute approximate surface area is 151 Å². The van der Waals surface area contributed by atoms with Crippen molar-refractivity contribution in [3.63, 3.8) is 0 Å². The van der Waals surface area contributed by atoms with Gasteiger partial charge in [-0.3, -0.25) is 14.8 Å². The largest absolute Gasteiger partial charge is 0.382 e. The number of aromatic nitrogens is 2. The summed E-state index contributed by atoms with van der Waals surface area (Å²) in [6, 6.07) is 3.90. The van der Waals surface area contributed by atoms with Crippen LogP contribution in [-0.4, -0.2) is 47.1 Å². The number of hydrogen-bond donors (Lipinski definition) is 1. The molecular weight excluding hydrogens is 358 g/mol. The molecule has 1 fully saturated rings. The second kappa shape index (κ2) is 7.42. The first-order chi connectivity index (χ1) is 12.4. The second-order valence-electron chi connectivity index (χ2n) is 6.26. The topological polar surface area (TPSA) is 110 Å². The van der Waals surface area contributed by atoms with Crippen molar-refractivity contribution in [2.75, 3.05) is 25.0 Å². The Morgan fingerprint density at radius 2 is 2.04 bits per heavy atom. The van der Waals surface area contributed by atoms with Gasteiger partial charge in [-0.2, -0.15) is 9.40 Å². The van der Waals surface area contributed by atoms with Crippen molar-refractivity contribution in [2.24, 2.45) is 0 Å². The molecule has 0 radical (unpaired) electrons. The van der Waals surface area contributed by atoms with Gasteiger partial charge in [-0.1, -0.05) is 0 Å². The lowest BCUT2D eigenvalue weighted by molar-refractivity contribution is -0.385. The van der Waals surface area contributed by atoms with E-state index in [4.69, 9.17) is 0 Å². The number of benzene rings is 1. The first kappa shape index (κ1) is 18.3. The molecule has 0 saturated carbocycles. The smallest absolute Gasteiger partial charge is 0.270 e. The highest BCUT2D eigenvalue weighted by Crippen LogP contribution is 2.30. The maximum atomic E-state index is 12.9. The molecule has 10 heteroatoms. The van der Waals surface area contributed by atoms with Gasteiger partial charge in [0.2, 0.25) is 10.0 Å². The van der Waals surface area contributed by atoms with Gasteiger partial charge in [0.1, 0.15) is 4.90 Å². The van der Waals surface area contributed by atoms with Crippen molar-refractivity contribution in [1.29, 1.82) is 0 Å². The average Bonchev–Trinajstić information content (AvgIpc) is 3.27. The first-order valence-electron chi connectivity index (χ1n) is 8.39. The Morgan fingerprint density at radius 3 is 2.65 bits per heavy atom. The summed E-state index contributed by atoms with van der Waals surface area (Å²) in [5.74, 6) is 0. The summed E-state index contributed by atoms with van der Waals surface area (Å²) in [6.07, 6.45) is 5.24. The third-order valence-electron chi connectivity index (χ3n) is 4.28. The molecule has 1 aromatic heterocycles. The van der Waals surface area contributed by atoms with Crippen LogP contribution < -0.4 is 5.32 Å². The van der Waals surface area contributed by atoms with Crippen LogP contribution in [0.15, 0.2) is 35.5 Å². The van der Waals surface area contributed by atoms with Crippen LogP contribution in [0.25, 0.3) is 0 Å². The number of anilines is 1. The maximum Gasteiger partial charge on any atom is 0.270 e. The molecule has 1 N–H and O–H groups in total. The van der Waals surface area contributed by atoms with Crippen LogP contribution in [0.5, 0.6) is 0 Å². The van der Waals surface area contributed by atoms with Crippen LogP contribution in [0.4, 0.5) is 11.4 Å². The highest BCUT2D eigenvalue weighted by molar-refractivity contribution is 7.89. The SMILES string of the molecule is Cc1cnn(CCNc2ccc([N+](=O)[O-])cc2S(=O)(=O)N2CCCC2)c1. The lowest BCUT2D eigenvalue weighted by Crippen LogP contribution is -2.28. The van der Waals surface area contributed by atoms with Crippen molar-refractivity contribution in [2.45, 2.75) is 31.2 Å². The van der Waals surface area contributed by atoms with Crippen molar-refractivity contribution in [1.82, 2.24) is 14.1 Å². The number of hydrogen-bond acceptors (Lipinski definition) is 6. The highest BCUT2D eigenvalue weighted by atomic mass is 32.2. The highest BCUT2D eigenvalue weighted by Gasteiger charge is 2.30. The van der Waals surface area contributed by atoms with E-state index in [1.165, 1.54) is 16.4 Å². The summed E-state index contributed by atoms with van der Waals surface area (Å²) in [7, 11) is -3.77. The average molecular weight is 379 g/mol. The van der Waals surface area contributed by atoms with Gasteiger partial charge >= 0.3 is 0 Å². The molecule has 0 amide bonds. The molecule has 9 nitrogen and oxygen atoms in total. The molecule has 1 saturated heterocycles. The minimum Gasteiger partial charge on any atom is -0.382 e. The molecule has 0 unspecified atom stereocenters. The van der Waals surface area contributed by atoms with Gasteiger partial charge in [0.15, 0.2) is 0 Å². The Balaban J connectivity index is 1.85. The zero-order valence-electron chi connectivity index (χ0n) is 14.5. The molecule has 2 aromatic rings. The van der Waals surface area contributed by atoms with Crippen molar-refractivity contribution < 1.29 is 13.3 Å². The van der Waals surface area contributed by atoms with Crippen LogP contribution in [0.2, 0.25) is 0 Å². The first-order valence-corrected chi connectivity index (χ1v) is 9.83. The molecule has 140 valence electrons. The molecule has 1 aliphatic rings. The molecule has 0 aliphatic carbocycles. The molecule has 1 aromatic carbocycles. The minimum atomic E-state index is -3.77. The fourth-order valence-corrected chi connectivity index (χ4v) is 4.65. The Bertz CT molecular complexity index is 903. The van der Waals surface area contributed by atoms with Crippen molar-refractivity contribution in [3.05, 3.63) is 46.3 Å². The van der Waals surface area contributed by atoms with Gasteiger partial charge in [0.25, 0.3) is 5.69 Å². The molecule has 0 atom stereocenters. The number of non-ortho nitro benzene ring substituents is 1. The maximum absolute atomic E-state index is 12.9. The molecule has 26 heavy (non-hydrogen) atoms. The van der Waals surface area contributed by atoms with Gasteiger partial charge in [0, 0.05) is 38.0 Å². The summed E-state index contributed by atoms with van der Waals surface area (Å²) in [5, 5.41) is 18.3. The van der Waals surface area contributed by atoms with Crippen molar-refractivity contribution in [3.8, 4) is 0 Å². The Kier molecular flexibility index (Phi) is 5.23. The van der Waals surface area contributed by atoms with Gasteiger partial charge in [-0.25, -0.2) is 8.42 Å². The molecule has 0 bridgehead atoms. The van der Waals surface area contributed by atoms with Gasteiger partial charge < -0.3 is 5.32 Å². The van der Waals surface area contributed by atoms with E-state index < -0.39 is 14.9 Å². The fraction of sp³-hybridized carbons (Fsp3) is 0.438. The number of nitro benzene ring substituents is 1. The number of rotatable bonds is 7. The Hall–Kier alpha value is -2.46.